The van der Waals surface area contributed by atoms with Crippen LogP contribution in [0.15, 0.2) is 42.5 Å². The maximum absolute atomic E-state index is 14.0. The number of amides is 1. The highest BCUT2D eigenvalue weighted by molar-refractivity contribution is 6.00. The number of halogens is 1. The number of ketones is 1. The summed E-state index contributed by atoms with van der Waals surface area (Å²) >= 11 is 0. The molecule has 2 rings (SSSR count). The lowest BCUT2D eigenvalue weighted by atomic mass is 10.1. The zero-order valence-corrected chi connectivity index (χ0v) is 15.8. The van der Waals surface area contributed by atoms with Gasteiger partial charge in [0.25, 0.3) is 0 Å². The lowest BCUT2D eigenvalue weighted by Gasteiger charge is -2.08. The molecule has 7 heteroatoms. The van der Waals surface area contributed by atoms with Gasteiger partial charge in [-0.15, -0.1) is 0 Å². The summed E-state index contributed by atoms with van der Waals surface area (Å²) in [5.74, 6) is -1.89. The van der Waals surface area contributed by atoms with Gasteiger partial charge in [-0.05, 0) is 48.9 Å². The van der Waals surface area contributed by atoms with Gasteiger partial charge in [0.15, 0.2) is 6.61 Å². The van der Waals surface area contributed by atoms with Gasteiger partial charge in [0.1, 0.15) is 11.6 Å². The molecule has 1 N–H and O–H groups in total. The smallest absolute Gasteiger partial charge is 0.338 e. The van der Waals surface area contributed by atoms with E-state index < -0.39 is 24.2 Å². The van der Waals surface area contributed by atoms with E-state index in [0.717, 1.165) is 18.9 Å². The Labute approximate surface area is 162 Å². The molecule has 0 saturated carbocycles. The van der Waals surface area contributed by atoms with Gasteiger partial charge in [0.05, 0.1) is 17.7 Å². The van der Waals surface area contributed by atoms with Crippen LogP contribution >= 0.6 is 0 Å². The standard InChI is InChI=1S/C21H22FNO5/c1-3-4-11-27-17-8-5-15(6-9-17)21(26)28-13-20(25)18-10-7-16(12-19(18)22)23-14(2)24/h5-10,12H,3-4,11,13H2,1-2H3,(H,23,24). The molecule has 0 fully saturated rings. The molecule has 0 atom stereocenters. The highest BCUT2D eigenvalue weighted by Crippen LogP contribution is 2.16. The van der Waals surface area contributed by atoms with Crippen molar-refractivity contribution in [1.82, 2.24) is 0 Å². The number of ether oxygens (including phenoxy) is 2. The molecule has 0 aromatic heterocycles. The Balaban J connectivity index is 1.91. The molecule has 28 heavy (non-hydrogen) atoms. The van der Waals surface area contributed by atoms with Crippen LogP contribution in [0.4, 0.5) is 10.1 Å². The van der Waals surface area contributed by atoms with Crippen molar-refractivity contribution in [2.75, 3.05) is 18.5 Å². The number of rotatable bonds is 9. The van der Waals surface area contributed by atoms with Crippen molar-refractivity contribution in [3.05, 3.63) is 59.4 Å². The fourth-order valence-corrected chi connectivity index (χ4v) is 2.34. The monoisotopic (exact) mass is 387 g/mol. The maximum atomic E-state index is 14.0. The summed E-state index contributed by atoms with van der Waals surface area (Å²) in [5, 5.41) is 2.42. The molecule has 0 radical (unpaired) electrons. The second-order valence-electron chi connectivity index (χ2n) is 6.10. The number of nitrogens with one attached hydrogen (secondary N) is 1. The molecule has 2 aromatic carbocycles. The largest absolute Gasteiger partial charge is 0.494 e. The van der Waals surface area contributed by atoms with E-state index in [4.69, 9.17) is 9.47 Å². The summed E-state index contributed by atoms with van der Waals surface area (Å²) in [7, 11) is 0. The van der Waals surface area contributed by atoms with Crippen LogP contribution < -0.4 is 10.1 Å². The van der Waals surface area contributed by atoms with Gasteiger partial charge < -0.3 is 14.8 Å². The number of esters is 1. The number of Topliss-reactive ketones (excluding diaryl/α,β-unsaturated/α-hetero) is 1. The summed E-state index contributed by atoms with van der Waals surface area (Å²) in [6, 6.07) is 10.0. The van der Waals surface area contributed by atoms with Crippen LogP contribution in [0.2, 0.25) is 0 Å². The van der Waals surface area contributed by atoms with E-state index in [1.165, 1.54) is 31.2 Å². The van der Waals surface area contributed by atoms with Crippen molar-refractivity contribution >= 4 is 23.3 Å². The van der Waals surface area contributed by atoms with Gasteiger partial charge in [-0.25, -0.2) is 9.18 Å². The molecule has 0 bridgehead atoms. The Morgan fingerprint density at radius 1 is 1.07 bits per heavy atom. The van der Waals surface area contributed by atoms with Crippen molar-refractivity contribution in [2.45, 2.75) is 26.7 Å². The number of unbranched alkanes of at least 4 members (excludes halogenated alkanes) is 1. The SMILES string of the molecule is CCCCOc1ccc(C(=O)OCC(=O)c2ccc(NC(C)=O)cc2F)cc1. The third-order valence-electron chi connectivity index (χ3n) is 3.78. The summed E-state index contributed by atoms with van der Waals surface area (Å²) in [6.07, 6.45) is 1.96. The molecule has 6 nitrogen and oxygen atoms in total. The minimum absolute atomic E-state index is 0.221. The predicted molar refractivity (Wildman–Crippen MR) is 102 cm³/mol. The molecule has 0 aliphatic heterocycles. The number of benzene rings is 2. The molecule has 1 amide bonds. The lowest BCUT2D eigenvalue weighted by molar-refractivity contribution is -0.114. The quantitative estimate of drug-likeness (QED) is 0.399. The molecule has 148 valence electrons. The highest BCUT2D eigenvalue weighted by atomic mass is 19.1. The van der Waals surface area contributed by atoms with Crippen LogP contribution in [-0.2, 0) is 9.53 Å². The van der Waals surface area contributed by atoms with E-state index in [-0.39, 0.29) is 22.7 Å². The minimum atomic E-state index is -0.805. The molecule has 0 saturated heterocycles. The fraction of sp³-hybridized carbons (Fsp3) is 0.286. The van der Waals surface area contributed by atoms with Gasteiger partial charge in [0.2, 0.25) is 11.7 Å². The van der Waals surface area contributed by atoms with Crippen molar-refractivity contribution < 1.29 is 28.2 Å². The van der Waals surface area contributed by atoms with Crippen LogP contribution in [0.3, 0.4) is 0 Å². The Bertz CT molecular complexity index is 848. The third-order valence-corrected chi connectivity index (χ3v) is 3.78. The summed E-state index contributed by atoms with van der Waals surface area (Å²) in [5.41, 5.74) is 0.276. The van der Waals surface area contributed by atoms with Gasteiger partial charge in [0, 0.05) is 12.6 Å². The average Bonchev–Trinajstić information content (AvgIpc) is 2.66. The Kier molecular flexibility index (Phi) is 7.68. The number of carbonyl (C=O) groups excluding carboxylic acids is 3. The number of anilines is 1. The molecule has 0 unspecified atom stereocenters. The summed E-state index contributed by atoms with van der Waals surface area (Å²) in [4.78, 5) is 35.1. The Morgan fingerprint density at radius 3 is 2.39 bits per heavy atom. The molecular formula is C21H22FNO5. The Hall–Kier alpha value is -3.22. The first-order valence-electron chi connectivity index (χ1n) is 8.91. The highest BCUT2D eigenvalue weighted by Gasteiger charge is 2.16. The van der Waals surface area contributed by atoms with E-state index in [9.17, 15) is 18.8 Å². The van der Waals surface area contributed by atoms with Crippen LogP contribution in [0.1, 0.15) is 47.4 Å². The van der Waals surface area contributed by atoms with Gasteiger partial charge in [-0.1, -0.05) is 13.3 Å². The summed E-state index contributed by atoms with van der Waals surface area (Å²) < 4.78 is 24.5. The van der Waals surface area contributed by atoms with E-state index in [0.29, 0.717) is 12.4 Å². The second kappa shape index (κ2) is 10.2. The molecule has 2 aromatic rings. The van der Waals surface area contributed by atoms with Crippen LogP contribution in [0.25, 0.3) is 0 Å². The maximum Gasteiger partial charge on any atom is 0.338 e. The van der Waals surface area contributed by atoms with Gasteiger partial charge >= 0.3 is 5.97 Å². The zero-order chi connectivity index (χ0) is 20.5. The minimum Gasteiger partial charge on any atom is -0.494 e. The Morgan fingerprint density at radius 2 is 1.79 bits per heavy atom. The third kappa shape index (κ3) is 6.19. The van der Waals surface area contributed by atoms with Gasteiger partial charge in [-0.2, -0.15) is 0 Å². The van der Waals surface area contributed by atoms with E-state index >= 15 is 0 Å². The topological polar surface area (TPSA) is 81.7 Å². The second-order valence-corrected chi connectivity index (χ2v) is 6.10. The first-order valence-corrected chi connectivity index (χ1v) is 8.91. The molecular weight excluding hydrogens is 365 g/mol. The number of hydrogen-bond acceptors (Lipinski definition) is 5. The van der Waals surface area contributed by atoms with Crippen LogP contribution in [0.5, 0.6) is 5.75 Å². The molecule has 0 spiro atoms. The first kappa shape index (κ1) is 21.1. The predicted octanol–water partition coefficient (Wildman–Crippen LogP) is 4.00. The lowest BCUT2D eigenvalue weighted by Crippen LogP contribution is -2.16. The molecule has 0 heterocycles. The van der Waals surface area contributed by atoms with Crippen molar-refractivity contribution in [1.29, 1.82) is 0 Å². The summed E-state index contributed by atoms with van der Waals surface area (Å²) in [6.45, 7) is 3.36. The van der Waals surface area contributed by atoms with Gasteiger partial charge in [-0.3, -0.25) is 9.59 Å². The van der Waals surface area contributed by atoms with Crippen molar-refractivity contribution in [2.24, 2.45) is 0 Å². The van der Waals surface area contributed by atoms with Crippen molar-refractivity contribution in [3.63, 3.8) is 0 Å². The number of carbonyl (C=O) groups is 3. The van der Waals surface area contributed by atoms with E-state index in [1.54, 1.807) is 12.1 Å². The first-order chi connectivity index (χ1) is 13.4. The zero-order valence-electron chi connectivity index (χ0n) is 15.8. The van der Waals surface area contributed by atoms with E-state index in [1.807, 2.05) is 0 Å². The fourth-order valence-electron chi connectivity index (χ4n) is 2.34. The molecule has 0 aliphatic rings. The number of hydrogen-bond donors (Lipinski definition) is 1. The van der Waals surface area contributed by atoms with E-state index in [2.05, 4.69) is 12.2 Å². The molecule has 0 aliphatic carbocycles. The van der Waals surface area contributed by atoms with Crippen LogP contribution in [-0.4, -0.2) is 30.9 Å². The normalized spacial score (nSPS) is 10.2. The van der Waals surface area contributed by atoms with Crippen LogP contribution in [0, 0.1) is 5.82 Å². The van der Waals surface area contributed by atoms with Crippen molar-refractivity contribution in [3.8, 4) is 5.75 Å². The average molecular weight is 387 g/mol.